The molecule has 3 fully saturated rings. The summed E-state index contributed by atoms with van der Waals surface area (Å²) in [7, 11) is 0. The lowest BCUT2D eigenvalue weighted by molar-refractivity contribution is -0.164. The van der Waals surface area contributed by atoms with E-state index >= 15 is 0 Å². The zero-order chi connectivity index (χ0) is 31.2. The first-order chi connectivity index (χ1) is 20.7. The van der Waals surface area contributed by atoms with Crippen LogP contribution in [0.1, 0.15) is 77.7 Å². The van der Waals surface area contributed by atoms with E-state index in [1.54, 1.807) is 15.9 Å². The van der Waals surface area contributed by atoms with Crippen LogP contribution in [0.2, 0.25) is 0 Å². The molecule has 8 heteroatoms. The normalized spacial score (nSPS) is 28.8. The van der Waals surface area contributed by atoms with Gasteiger partial charge in [-0.1, -0.05) is 62.8 Å². The van der Waals surface area contributed by atoms with Gasteiger partial charge in [0.25, 0.3) is 0 Å². The molecule has 1 aromatic carbocycles. The number of rotatable bonds is 17. The highest BCUT2D eigenvalue weighted by Gasteiger charge is 2.79. The van der Waals surface area contributed by atoms with Crippen LogP contribution in [0.15, 0.2) is 55.6 Å². The highest BCUT2D eigenvalue weighted by molar-refractivity contribution is 5.99. The Bertz CT molecular complexity index is 1160. The van der Waals surface area contributed by atoms with Crippen LogP contribution in [-0.4, -0.2) is 81.8 Å². The monoisotopic (exact) mass is 594 g/mol. The summed E-state index contributed by atoms with van der Waals surface area (Å²) in [5.41, 5.74) is -1.09. The summed E-state index contributed by atoms with van der Waals surface area (Å²) in [4.78, 5) is 46.6. The van der Waals surface area contributed by atoms with Crippen molar-refractivity contribution < 1.29 is 29.0 Å². The molecule has 2 amide bonds. The molecule has 0 aliphatic carbocycles. The number of likely N-dealkylation sites (tertiary alicyclic amines) is 1. The van der Waals surface area contributed by atoms with E-state index < -0.39 is 41.1 Å². The zero-order valence-corrected chi connectivity index (χ0v) is 26.2. The third kappa shape index (κ3) is 6.05. The molecule has 2 bridgehead atoms. The fourth-order valence-corrected chi connectivity index (χ4v) is 7.83. The average Bonchev–Trinajstić information content (AvgIpc) is 3.62. The van der Waals surface area contributed by atoms with Crippen LogP contribution in [0.5, 0.6) is 0 Å². The molecule has 236 valence electrons. The second-order valence-electron chi connectivity index (χ2n) is 12.5. The molecule has 1 N–H and O–H groups in total. The smallest absolute Gasteiger partial charge is 0.312 e. The number of fused-ring (bicyclic) bond motifs is 1. The second kappa shape index (κ2) is 14.2. The maximum absolute atomic E-state index is 14.7. The highest BCUT2D eigenvalue weighted by Crippen LogP contribution is 2.65. The Balaban J connectivity index is 1.77. The van der Waals surface area contributed by atoms with Crippen LogP contribution < -0.4 is 0 Å². The summed E-state index contributed by atoms with van der Waals surface area (Å²) in [6, 6.07) is 7.94. The van der Waals surface area contributed by atoms with E-state index in [2.05, 4.69) is 20.1 Å². The first-order valence-electron chi connectivity index (χ1n) is 16.1. The number of carbonyl (C=O) groups is 3. The number of ether oxygens (including phenoxy) is 2. The van der Waals surface area contributed by atoms with Gasteiger partial charge < -0.3 is 24.4 Å². The number of allylic oxidation sites excluding steroid dienone is 1. The van der Waals surface area contributed by atoms with Gasteiger partial charge in [-0.15, -0.1) is 13.2 Å². The van der Waals surface area contributed by atoms with Gasteiger partial charge in [-0.05, 0) is 63.9 Å². The summed E-state index contributed by atoms with van der Waals surface area (Å²) in [5, 5.41) is 10.7. The van der Waals surface area contributed by atoms with Crippen LogP contribution in [0.4, 0.5) is 0 Å². The SMILES string of the molecule is C=CCCCCOC(=O)[C@@H]1[C@H]2C(=O)N([C@@H](CO)Cc3ccccc3)C(C(=O)N(CC=C)C(C)CCC)C23CC[C@@]1(CC)O3. The van der Waals surface area contributed by atoms with E-state index in [0.29, 0.717) is 38.6 Å². The van der Waals surface area contributed by atoms with E-state index in [0.717, 1.165) is 31.2 Å². The fraction of sp³-hybridized carbons (Fsp3) is 0.629. The Morgan fingerprint density at radius 3 is 2.56 bits per heavy atom. The Hall–Kier alpha value is -2.97. The quantitative estimate of drug-likeness (QED) is 0.157. The molecule has 4 rings (SSSR count). The lowest BCUT2D eigenvalue weighted by Crippen LogP contribution is -2.60. The lowest BCUT2D eigenvalue weighted by atomic mass is 9.65. The first-order valence-corrected chi connectivity index (χ1v) is 16.1. The van der Waals surface area contributed by atoms with Crippen molar-refractivity contribution in [2.24, 2.45) is 11.8 Å². The molecule has 8 nitrogen and oxygen atoms in total. The average molecular weight is 595 g/mol. The third-order valence-corrected chi connectivity index (χ3v) is 9.92. The van der Waals surface area contributed by atoms with E-state index in [1.807, 2.05) is 50.3 Å². The summed E-state index contributed by atoms with van der Waals surface area (Å²) >= 11 is 0. The van der Waals surface area contributed by atoms with Crippen LogP contribution >= 0.6 is 0 Å². The minimum absolute atomic E-state index is 0.0836. The summed E-state index contributed by atoms with van der Waals surface area (Å²) in [6.07, 6.45) is 9.61. The van der Waals surface area contributed by atoms with E-state index in [4.69, 9.17) is 9.47 Å². The molecule has 1 spiro atoms. The largest absolute Gasteiger partial charge is 0.465 e. The van der Waals surface area contributed by atoms with Crippen LogP contribution in [0.25, 0.3) is 0 Å². The van der Waals surface area contributed by atoms with Crippen LogP contribution in [0.3, 0.4) is 0 Å². The summed E-state index contributed by atoms with van der Waals surface area (Å²) < 4.78 is 12.7. The van der Waals surface area contributed by atoms with Gasteiger partial charge in [-0.3, -0.25) is 14.4 Å². The van der Waals surface area contributed by atoms with Crippen molar-refractivity contribution in [1.82, 2.24) is 9.80 Å². The van der Waals surface area contributed by atoms with Crippen molar-refractivity contribution >= 4 is 17.8 Å². The molecule has 0 radical (unpaired) electrons. The number of hydrogen-bond acceptors (Lipinski definition) is 6. The van der Waals surface area contributed by atoms with Crippen LogP contribution in [-0.2, 0) is 30.3 Å². The maximum Gasteiger partial charge on any atom is 0.312 e. The number of esters is 1. The van der Waals surface area contributed by atoms with Gasteiger partial charge in [-0.25, -0.2) is 0 Å². The van der Waals surface area contributed by atoms with Gasteiger partial charge in [0.15, 0.2) is 0 Å². The zero-order valence-electron chi connectivity index (χ0n) is 26.2. The predicted octanol–water partition coefficient (Wildman–Crippen LogP) is 4.85. The molecule has 7 atom stereocenters. The lowest BCUT2D eigenvalue weighted by Gasteiger charge is -2.41. The molecule has 3 saturated heterocycles. The van der Waals surface area contributed by atoms with Gasteiger partial charge in [0, 0.05) is 12.6 Å². The topological polar surface area (TPSA) is 96.4 Å². The number of hydrogen-bond donors (Lipinski definition) is 1. The summed E-state index contributed by atoms with van der Waals surface area (Å²) in [5.74, 6) is -2.62. The fourth-order valence-electron chi connectivity index (χ4n) is 7.83. The molecule has 3 aliphatic rings. The maximum atomic E-state index is 14.7. The van der Waals surface area contributed by atoms with Gasteiger partial charge in [0.05, 0.1) is 30.8 Å². The Labute approximate surface area is 257 Å². The molecular formula is C35H50N2O6. The number of carbonyl (C=O) groups excluding carboxylic acids is 3. The highest BCUT2D eigenvalue weighted by atomic mass is 16.6. The van der Waals surface area contributed by atoms with Gasteiger partial charge in [-0.2, -0.15) is 0 Å². The summed E-state index contributed by atoms with van der Waals surface area (Å²) in [6.45, 7) is 14.0. The van der Waals surface area contributed by atoms with Crippen molar-refractivity contribution in [2.75, 3.05) is 19.8 Å². The molecule has 0 aromatic heterocycles. The molecule has 43 heavy (non-hydrogen) atoms. The number of aliphatic hydroxyl groups excluding tert-OH is 1. The van der Waals surface area contributed by atoms with Gasteiger partial charge in [0.2, 0.25) is 11.8 Å². The number of amides is 2. The van der Waals surface area contributed by atoms with E-state index in [-0.39, 0.29) is 31.1 Å². The number of nitrogens with zero attached hydrogens (tertiary/aromatic N) is 2. The Morgan fingerprint density at radius 1 is 1.19 bits per heavy atom. The van der Waals surface area contributed by atoms with Gasteiger partial charge in [0.1, 0.15) is 17.6 Å². The van der Waals surface area contributed by atoms with Crippen molar-refractivity contribution in [1.29, 1.82) is 0 Å². The molecular weight excluding hydrogens is 544 g/mol. The van der Waals surface area contributed by atoms with Crippen molar-refractivity contribution in [2.45, 2.75) is 108 Å². The number of unbranched alkanes of at least 4 members (excludes halogenated alkanes) is 2. The van der Waals surface area contributed by atoms with Crippen molar-refractivity contribution in [3.8, 4) is 0 Å². The minimum Gasteiger partial charge on any atom is -0.465 e. The Kier molecular flexibility index (Phi) is 10.9. The standard InChI is InChI=1S/C35H50N2O6/c1-6-10-11-15-22-42-33(41)29-28-31(39)37(27(24-38)23-26-17-13-12-14-18-26)30(35(28)20-19-34(29,9-4)43-35)32(40)36(21-8-3)25(5)16-7-2/h6,8,12-14,17-18,25,27-30,38H,1,3,7,9-11,15-16,19-24H2,2,4-5H3/t25?,27-,28+,29+,30?,34-,35?/m1/s1. The van der Waals surface area contributed by atoms with Gasteiger partial charge >= 0.3 is 5.97 Å². The number of benzene rings is 1. The molecule has 0 saturated carbocycles. The third-order valence-electron chi connectivity index (χ3n) is 9.92. The van der Waals surface area contributed by atoms with E-state index in [9.17, 15) is 19.5 Å². The molecule has 3 heterocycles. The molecule has 3 unspecified atom stereocenters. The predicted molar refractivity (Wildman–Crippen MR) is 166 cm³/mol. The second-order valence-corrected chi connectivity index (χ2v) is 12.5. The minimum atomic E-state index is -1.17. The molecule has 1 aromatic rings. The molecule has 3 aliphatic heterocycles. The van der Waals surface area contributed by atoms with Crippen molar-refractivity contribution in [3.63, 3.8) is 0 Å². The number of aliphatic hydroxyl groups is 1. The van der Waals surface area contributed by atoms with E-state index in [1.165, 1.54) is 0 Å². The van der Waals surface area contributed by atoms with Crippen LogP contribution in [0, 0.1) is 11.8 Å². The Morgan fingerprint density at radius 2 is 1.93 bits per heavy atom. The van der Waals surface area contributed by atoms with Crippen molar-refractivity contribution in [3.05, 3.63) is 61.2 Å². The first kappa shape index (κ1) is 32.9.